The Kier molecular flexibility index (Phi) is 5.90. The van der Waals surface area contributed by atoms with Crippen molar-refractivity contribution < 1.29 is 0 Å². The predicted octanol–water partition coefficient (Wildman–Crippen LogP) is 4.97. The minimum absolute atomic E-state index is 0.242. The van der Waals surface area contributed by atoms with E-state index in [0.29, 0.717) is 11.7 Å². The Hall–Kier alpha value is -0.550. The summed E-state index contributed by atoms with van der Waals surface area (Å²) < 4.78 is 0.815. The number of aromatic nitrogens is 2. The summed E-state index contributed by atoms with van der Waals surface area (Å²) in [5.74, 6) is 0.973. The number of H-pyrrole nitrogens is 1. The zero-order chi connectivity index (χ0) is 14.5. The van der Waals surface area contributed by atoms with Crippen molar-refractivity contribution in [2.24, 2.45) is 0 Å². The van der Waals surface area contributed by atoms with Crippen molar-refractivity contribution in [3.05, 3.63) is 38.0 Å². The highest BCUT2D eigenvalue weighted by Gasteiger charge is 2.11. The van der Waals surface area contributed by atoms with Gasteiger partial charge in [-0.05, 0) is 25.5 Å². The van der Waals surface area contributed by atoms with Crippen LogP contribution in [0.4, 0.5) is 0 Å². The van der Waals surface area contributed by atoms with Gasteiger partial charge in [0.15, 0.2) is 5.15 Å². The highest BCUT2D eigenvalue weighted by Crippen LogP contribution is 2.27. The van der Waals surface area contributed by atoms with Gasteiger partial charge in [0.05, 0.1) is 10.0 Å². The maximum atomic E-state index is 6.16. The minimum Gasteiger partial charge on any atom is -0.344 e. The van der Waals surface area contributed by atoms with Crippen LogP contribution in [0.25, 0.3) is 0 Å². The molecule has 0 aromatic carbocycles. The number of thiophene rings is 1. The number of imidazole rings is 1. The topological polar surface area (TPSA) is 40.7 Å². The number of halogens is 2. The average molecular weight is 332 g/mol. The predicted molar refractivity (Wildman–Crippen MR) is 86.8 cm³/mol. The number of rotatable bonds is 7. The minimum atomic E-state index is 0.242. The lowest BCUT2D eigenvalue weighted by Crippen LogP contribution is -2.17. The molecule has 3 nitrogen and oxygen atoms in total. The summed E-state index contributed by atoms with van der Waals surface area (Å²) >= 11 is 13.7. The molecule has 1 unspecified atom stereocenters. The van der Waals surface area contributed by atoms with E-state index in [1.54, 1.807) is 11.3 Å². The van der Waals surface area contributed by atoms with Gasteiger partial charge in [-0.3, -0.25) is 0 Å². The molecule has 0 fully saturated rings. The molecular weight excluding hydrogens is 313 g/mol. The van der Waals surface area contributed by atoms with Gasteiger partial charge in [0.1, 0.15) is 5.82 Å². The number of unbranched alkanes of at least 4 members (excludes halogenated alkanes) is 1. The lowest BCUT2D eigenvalue weighted by atomic mass is 10.2. The normalized spacial score (nSPS) is 12.8. The van der Waals surface area contributed by atoms with E-state index in [4.69, 9.17) is 23.2 Å². The Balaban J connectivity index is 1.91. The Morgan fingerprint density at radius 1 is 1.40 bits per heavy atom. The maximum Gasteiger partial charge on any atom is 0.151 e. The summed E-state index contributed by atoms with van der Waals surface area (Å²) in [6.07, 6.45) is 3.23. The van der Waals surface area contributed by atoms with Gasteiger partial charge in [0.25, 0.3) is 0 Å². The van der Waals surface area contributed by atoms with E-state index >= 15 is 0 Å². The molecule has 0 saturated carbocycles. The van der Waals surface area contributed by atoms with E-state index in [0.717, 1.165) is 35.1 Å². The van der Waals surface area contributed by atoms with Crippen molar-refractivity contribution in [2.45, 2.75) is 45.7 Å². The van der Waals surface area contributed by atoms with Crippen LogP contribution in [-0.4, -0.2) is 9.97 Å². The number of nitrogens with one attached hydrogen (secondary N) is 2. The van der Waals surface area contributed by atoms with Crippen LogP contribution in [0, 0.1) is 0 Å². The molecule has 0 saturated heterocycles. The second kappa shape index (κ2) is 7.46. The van der Waals surface area contributed by atoms with Crippen molar-refractivity contribution in [1.29, 1.82) is 0 Å². The molecule has 0 spiro atoms. The summed E-state index contributed by atoms with van der Waals surface area (Å²) in [5.41, 5.74) is 0.951. The SMILES string of the molecule is CCCCc1nc(Cl)c(CNC(C)c2ccc(Cl)s2)[nH]1. The first-order valence-electron chi connectivity index (χ1n) is 6.82. The van der Waals surface area contributed by atoms with Crippen LogP contribution in [0.15, 0.2) is 12.1 Å². The molecule has 0 aliphatic carbocycles. The number of hydrogen-bond donors (Lipinski definition) is 2. The monoisotopic (exact) mass is 331 g/mol. The third kappa shape index (κ3) is 4.22. The van der Waals surface area contributed by atoms with Crippen molar-refractivity contribution in [3.63, 3.8) is 0 Å². The second-order valence-corrected chi connectivity index (χ2v) is 6.91. The van der Waals surface area contributed by atoms with Gasteiger partial charge in [-0.2, -0.15) is 0 Å². The molecule has 20 heavy (non-hydrogen) atoms. The van der Waals surface area contributed by atoms with Crippen molar-refractivity contribution >= 4 is 34.5 Å². The van der Waals surface area contributed by atoms with Gasteiger partial charge in [-0.25, -0.2) is 4.98 Å². The molecule has 6 heteroatoms. The van der Waals surface area contributed by atoms with Gasteiger partial charge in [0.2, 0.25) is 0 Å². The van der Waals surface area contributed by atoms with Gasteiger partial charge in [-0.1, -0.05) is 36.5 Å². The fourth-order valence-electron chi connectivity index (χ4n) is 1.94. The van der Waals surface area contributed by atoms with Crippen molar-refractivity contribution in [3.8, 4) is 0 Å². The Morgan fingerprint density at radius 3 is 2.85 bits per heavy atom. The second-order valence-electron chi connectivity index (χ2n) is 4.80. The number of nitrogens with zero attached hydrogens (tertiary/aromatic N) is 1. The molecule has 0 aliphatic heterocycles. The van der Waals surface area contributed by atoms with Gasteiger partial charge < -0.3 is 10.3 Å². The van der Waals surface area contributed by atoms with Crippen LogP contribution >= 0.6 is 34.5 Å². The molecule has 0 radical (unpaired) electrons. The van der Waals surface area contributed by atoms with Crippen molar-refractivity contribution in [2.75, 3.05) is 0 Å². The zero-order valence-corrected chi connectivity index (χ0v) is 14.0. The van der Waals surface area contributed by atoms with Gasteiger partial charge in [0, 0.05) is 23.9 Å². The van der Waals surface area contributed by atoms with E-state index in [1.165, 1.54) is 4.88 Å². The Labute approximate surface area is 133 Å². The first-order chi connectivity index (χ1) is 9.60. The summed E-state index contributed by atoms with van der Waals surface area (Å²) in [7, 11) is 0. The molecule has 2 aromatic heterocycles. The smallest absolute Gasteiger partial charge is 0.151 e. The van der Waals surface area contributed by atoms with Crippen LogP contribution in [0.5, 0.6) is 0 Å². The van der Waals surface area contributed by atoms with Crippen LogP contribution in [0.1, 0.15) is 49.1 Å². The number of hydrogen-bond acceptors (Lipinski definition) is 3. The molecule has 2 heterocycles. The molecule has 0 amide bonds. The molecule has 2 aromatic rings. The first kappa shape index (κ1) is 15.8. The van der Waals surface area contributed by atoms with E-state index in [2.05, 4.69) is 29.1 Å². The molecule has 0 bridgehead atoms. The third-order valence-electron chi connectivity index (χ3n) is 3.15. The van der Waals surface area contributed by atoms with E-state index < -0.39 is 0 Å². The quantitative estimate of drug-likeness (QED) is 0.751. The fourth-order valence-corrected chi connectivity index (χ4v) is 3.24. The molecule has 1 atom stereocenters. The van der Waals surface area contributed by atoms with Crippen molar-refractivity contribution in [1.82, 2.24) is 15.3 Å². The van der Waals surface area contributed by atoms with Crippen LogP contribution in [0.2, 0.25) is 9.49 Å². The summed E-state index contributed by atoms with van der Waals surface area (Å²) in [5, 5.41) is 4.00. The lowest BCUT2D eigenvalue weighted by molar-refractivity contribution is 0.576. The fraction of sp³-hybridized carbons (Fsp3) is 0.500. The van der Waals surface area contributed by atoms with Gasteiger partial charge >= 0.3 is 0 Å². The van der Waals surface area contributed by atoms with E-state index in [1.807, 2.05) is 12.1 Å². The van der Waals surface area contributed by atoms with E-state index in [9.17, 15) is 0 Å². The summed E-state index contributed by atoms with van der Waals surface area (Å²) in [6.45, 7) is 4.96. The van der Waals surface area contributed by atoms with Gasteiger partial charge in [-0.15, -0.1) is 11.3 Å². The molecule has 110 valence electrons. The number of aryl methyl sites for hydroxylation is 1. The first-order valence-corrected chi connectivity index (χ1v) is 8.39. The highest BCUT2D eigenvalue weighted by atomic mass is 35.5. The molecule has 0 aliphatic rings. The Morgan fingerprint density at radius 2 is 2.20 bits per heavy atom. The molecule has 2 rings (SSSR count). The third-order valence-corrected chi connectivity index (χ3v) is 4.88. The van der Waals surface area contributed by atoms with Crippen LogP contribution in [-0.2, 0) is 13.0 Å². The average Bonchev–Trinajstić information content (AvgIpc) is 3.00. The Bertz CT molecular complexity index is 550. The zero-order valence-electron chi connectivity index (χ0n) is 11.7. The summed E-state index contributed by atoms with van der Waals surface area (Å²) in [4.78, 5) is 8.87. The molecular formula is C14H19Cl2N3S. The lowest BCUT2D eigenvalue weighted by Gasteiger charge is -2.11. The van der Waals surface area contributed by atoms with Crippen LogP contribution < -0.4 is 5.32 Å². The van der Waals surface area contributed by atoms with E-state index in [-0.39, 0.29) is 6.04 Å². The summed E-state index contributed by atoms with van der Waals surface area (Å²) in [6, 6.07) is 4.21. The van der Waals surface area contributed by atoms with Crippen LogP contribution in [0.3, 0.4) is 0 Å². The number of aromatic amines is 1. The molecule has 2 N–H and O–H groups in total. The largest absolute Gasteiger partial charge is 0.344 e. The highest BCUT2D eigenvalue weighted by molar-refractivity contribution is 7.16. The maximum absolute atomic E-state index is 6.16. The standard InChI is InChI=1S/C14H19Cl2N3S/c1-3-4-5-13-18-10(14(16)19-13)8-17-9(2)11-6-7-12(15)20-11/h6-7,9,17H,3-5,8H2,1-2H3,(H,18,19).